The first-order valence-electron chi connectivity index (χ1n) is 2.87. The van der Waals surface area contributed by atoms with Crippen LogP contribution in [0, 0.1) is 5.38 Å². The van der Waals surface area contributed by atoms with E-state index in [0.717, 1.165) is 11.3 Å². The Hall–Kier alpha value is -0.760. The van der Waals surface area contributed by atoms with E-state index in [2.05, 4.69) is 5.38 Å². The van der Waals surface area contributed by atoms with E-state index in [9.17, 15) is 21.6 Å². The highest BCUT2D eigenvalue weighted by Gasteiger charge is 2.46. The molecule has 0 aromatic carbocycles. The minimum atomic E-state index is -5.30. The fourth-order valence-electron chi connectivity index (χ4n) is 0.491. The molecule has 0 saturated carbocycles. The van der Waals surface area contributed by atoms with Gasteiger partial charge < -0.3 is 0 Å². The molecule has 0 fully saturated rings. The third-order valence-electron chi connectivity index (χ3n) is 1.02. The van der Waals surface area contributed by atoms with Gasteiger partial charge in [0.05, 0.1) is 11.1 Å². The molecule has 0 saturated heterocycles. The fraction of sp³-hybridized carbons (Fsp3) is 0.200. The first kappa shape index (κ1) is 10.3. The second-order valence-electron chi connectivity index (χ2n) is 1.99. The van der Waals surface area contributed by atoms with Crippen LogP contribution in [-0.4, -0.2) is 13.9 Å². The van der Waals surface area contributed by atoms with Crippen LogP contribution < -0.4 is 4.72 Å². The monoisotopic (exact) mass is 230 g/mol. The van der Waals surface area contributed by atoms with Crippen molar-refractivity contribution in [3.63, 3.8) is 0 Å². The number of nitrogens with one attached hydrogen (secondary N) is 1. The van der Waals surface area contributed by atoms with Gasteiger partial charge in [0, 0.05) is 0 Å². The number of alkyl halides is 3. The van der Waals surface area contributed by atoms with Crippen molar-refractivity contribution >= 4 is 27.0 Å². The summed E-state index contributed by atoms with van der Waals surface area (Å²) in [6.45, 7) is 0. The smallest absolute Gasteiger partial charge is 0.274 e. The average molecular weight is 230 g/mol. The van der Waals surface area contributed by atoms with E-state index < -0.39 is 15.5 Å². The van der Waals surface area contributed by atoms with Crippen LogP contribution in [0.3, 0.4) is 0 Å². The van der Waals surface area contributed by atoms with Crippen molar-refractivity contribution in [1.29, 1.82) is 0 Å². The quantitative estimate of drug-likeness (QED) is 0.842. The van der Waals surface area contributed by atoms with Gasteiger partial charge in [-0.2, -0.15) is 21.6 Å². The van der Waals surface area contributed by atoms with Crippen LogP contribution in [0.5, 0.6) is 0 Å². The van der Waals surface area contributed by atoms with E-state index in [1.807, 2.05) is 0 Å². The van der Waals surface area contributed by atoms with Crippen molar-refractivity contribution in [2.45, 2.75) is 5.51 Å². The third-order valence-corrected chi connectivity index (χ3v) is 2.73. The maximum absolute atomic E-state index is 11.8. The lowest BCUT2D eigenvalue weighted by Crippen LogP contribution is -2.29. The van der Waals surface area contributed by atoms with Gasteiger partial charge in [-0.25, -0.2) is 0 Å². The van der Waals surface area contributed by atoms with Gasteiger partial charge in [-0.3, -0.25) is 4.72 Å². The normalized spacial score (nSPS) is 12.8. The molecular formula is C5H3F3NO2S2. The topological polar surface area (TPSA) is 46.2 Å². The molecule has 1 heterocycles. The summed E-state index contributed by atoms with van der Waals surface area (Å²) in [6.07, 6.45) is 0. The van der Waals surface area contributed by atoms with Crippen LogP contribution in [0.4, 0.5) is 18.9 Å². The summed E-state index contributed by atoms with van der Waals surface area (Å²) in [7, 11) is -5.30. The molecule has 0 aliphatic heterocycles. The van der Waals surface area contributed by atoms with Crippen LogP contribution in [0.2, 0.25) is 0 Å². The van der Waals surface area contributed by atoms with E-state index in [1.54, 1.807) is 0 Å². The first-order valence-corrected chi connectivity index (χ1v) is 5.23. The molecule has 0 bridgehead atoms. The van der Waals surface area contributed by atoms with E-state index in [4.69, 9.17) is 0 Å². The molecule has 8 heteroatoms. The predicted octanol–water partition coefficient (Wildman–Crippen LogP) is 1.81. The van der Waals surface area contributed by atoms with Crippen molar-refractivity contribution in [3.05, 3.63) is 16.8 Å². The molecule has 1 aromatic rings. The predicted molar refractivity (Wildman–Crippen MR) is 41.8 cm³/mol. The Balaban J connectivity index is 2.87. The van der Waals surface area contributed by atoms with Gasteiger partial charge in [0.15, 0.2) is 0 Å². The zero-order valence-corrected chi connectivity index (χ0v) is 7.55. The van der Waals surface area contributed by atoms with E-state index in [-0.39, 0.29) is 5.69 Å². The van der Waals surface area contributed by atoms with Gasteiger partial charge in [0.1, 0.15) is 0 Å². The molecule has 3 nitrogen and oxygen atoms in total. The number of hydrogen-bond acceptors (Lipinski definition) is 3. The Morgan fingerprint density at radius 1 is 1.46 bits per heavy atom. The van der Waals surface area contributed by atoms with E-state index >= 15 is 0 Å². The van der Waals surface area contributed by atoms with Crippen LogP contribution in [0.1, 0.15) is 0 Å². The average Bonchev–Trinajstić information content (AvgIpc) is 2.35. The van der Waals surface area contributed by atoms with E-state index in [1.165, 1.54) is 16.2 Å². The molecule has 0 amide bonds. The largest absolute Gasteiger partial charge is 0.516 e. The Bertz CT molecular complexity index is 367. The molecule has 0 aliphatic rings. The molecule has 0 aliphatic carbocycles. The summed E-state index contributed by atoms with van der Waals surface area (Å²) in [5.74, 6) is 0. The Labute approximate surface area is 76.2 Å². The maximum Gasteiger partial charge on any atom is 0.516 e. The zero-order chi connectivity index (χ0) is 10.1. The molecule has 1 rings (SSSR count). The van der Waals surface area contributed by atoms with Crippen molar-refractivity contribution in [2.75, 3.05) is 4.72 Å². The maximum atomic E-state index is 11.8. The van der Waals surface area contributed by atoms with Crippen LogP contribution in [0.15, 0.2) is 11.4 Å². The summed E-state index contributed by atoms with van der Waals surface area (Å²) < 4.78 is 57.6. The number of sulfonamides is 1. The van der Waals surface area contributed by atoms with Gasteiger partial charge in [-0.15, -0.1) is 11.3 Å². The molecule has 0 spiro atoms. The Morgan fingerprint density at radius 2 is 2.08 bits per heavy atom. The number of rotatable bonds is 2. The van der Waals surface area contributed by atoms with Gasteiger partial charge >= 0.3 is 15.5 Å². The summed E-state index contributed by atoms with van der Waals surface area (Å²) in [5.41, 5.74) is -5.50. The van der Waals surface area contributed by atoms with Gasteiger partial charge in [0.2, 0.25) is 0 Å². The number of halogens is 3. The molecule has 0 atom stereocenters. The highest BCUT2D eigenvalue weighted by atomic mass is 32.2. The lowest BCUT2D eigenvalue weighted by molar-refractivity contribution is -0.0429. The molecule has 13 heavy (non-hydrogen) atoms. The number of thiophene rings is 1. The standard InChI is InChI=1S/C5H3F3NO2S2/c6-5(7,8)13(10,11)9-4-1-2-12-3-4/h1-2,9H. The van der Waals surface area contributed by atoms with Gasteiger partial charge in [-0.1, -0.05) is 0 Å². The molecule has 1 aromatic heterocycles. The van der Waals surface area contributed by atoms with Crippen molar-refractivity contribution in [2.24, 2.45) is 0 Å². The van der Waals surface area contributed by atoms with Crippen molar-refractivity contribution in [3.8, 4) is 0 Å². The molecule has 0 unspecified atom stereocenters. The summed E-state index contributed by atoms with van der Waals surface area (Å²) in [5, 5.41) is 3.73. The molecule has 1 N–H and O–H groups in total. The lowest BCUT2D eigenvalue weighted by atomic mass is 10.6. The Kier molecular flexibility index (Phi) is 2.53. The zero-order valence-electron chi connectivity index (χ0n) is 5.92. The van der Waals surface area contributed by atoms with Crippen LogP contribution in [-0.2, 0) is 10.0 Å². The van der Waals surface area contributed by atoms with Crippen LogP contribution >= 0.6 is 11.3 Å². The Morgan fingerprint density at radius 3 is 2.46 bits per heavy atom. The van der Waals surface area contributed by atoms with Gasteiger partial charge in [0.25, 0.3) is 0 Å². The number of hydrogen-bond donors (Lipinski definition) is 1. The second kappa shape index (κ2) is 3.18. The van der Waals surface area contributed by atoms with Gasteiger partial charge in [-0.05, 0) is 11.4 Å². The second-order valence-corrected chi connectivity index (χ2v) is 4.37. The third kappa shape index (κ3) is 2.34. The molecular weight excluding hydrogens is 227 g/mol. The van der Waals surface area contributed by atoms with Crippen molar-refractivity contribution < 1.29 is 21.6 Å². The summed E-state index contributed by atoms with van der Waals surface area (Å²) >= 11 is 0.972. The lowest BCUT2D eigenvalue weighted by Gasteiger charge is -2.08. The molecule has 73 valence electrons. The van der Waals surface area contributed by atoms with E-state index in [0.29, 0.717) is 0 Å². The minimum absolute atomic E-state index is 0.206. The van der Waals surface area contributed by atoms with Crippen LogP contribution in [0.25, 0.3) is 0 Å². The minimum Gasteiger partial charge on any atom is -0.274 e. The summed E-state index contributed by atoms with van der Waals surface area (Å²) in [4.78, 5) is 0. The highest BCUT2D eigenvalue weighted by Crippen LogP contribution is 2.25. The molecule has 1 radical (unpaired) electrons. The SMILES string of the molecule is O=S(=O)(Nc1[c]scc1)C(F)(F)F. The first-order chi connectivity index (χ1) is 5.83. The highest BCUT2D eigenvalue weighted by molar-refractivity contribution is 7.93. The fourth-order valence-corrected chi connectivity index (χ4v) is 1.60. The summed E-state index contributed by atoms with van der Waals surface area (Å²) in [6, 6.07) is 1.19. The van der Waals surface area contributed by atoms with Crippen molar-refractivity contribution in [1.82, 2.24) is 0 Å². The number of anilines is 1.